The lowest BCUT2D eigenvalue weighted by Crippen LogP contribution is -2.44. The van der Waals surface area contributed by atoms with Crippen LogP contribution >= 0.6 is 0 Å². The molecule has 2 heterocycles. The summed E-state index contributed by atoms with van der Waals surface area (Å²) in [5.74, 6) is -2.07. The molecule has 5 rings (SSSR count). The number of H-pyrrole nitrogens is 1. The largest absolute Gasteiger partial charge is 0.359 e. The van der Waals surface area contributed by atoms with E-state index in [4.69, 9.17) is 0 Å². The van der Waals surface area contributed by atoms with E-state index in [1.807, 2.05) is 0 Å². The van der Waals surface area contributed by atoms with Gasteiger partial charge in [0.15, 0.2) is 0 Å². The number of hydrogen-bond donors (Lipinski definition) is 4. The molecule has 1 saturated heterocycles. The van der Waals surface area contributed by atoms with Crippen LogP contribution in [-0.2, 0) is 4.79 Å². The summed E-state index contributed by atoms with van der Waals surface area (Å²) in [5.41, 5.74) is 2.16. The average molecular weight is 518 g/mol. The Morgan fingerprint density at radius 1 is 0.895 bits per heavy atom. The molecule has 0 radical (unpaired) electrons. The Bertz CT molecular complexity index is 1500. The number of anilines is 3. The molecule has 1 aliphatic rings. The maximum absolute atomic E-state index is 14.0. The van der Waals surface area contributed by atoms with E-state index in [1.54, 1.807) is 42.6 Å². The first-order valence-electron chi connectivity index (χ1n) is 12.2. The minimum absolute atomic E-state index is 0.00228. The van der Waals surface area contributed by atoms with Gasteiger partial charge in [-0.15, -0.1) is 0 Å². The van der Waals surface area contributed by atoms with Crippen LogP contribution in [0.25, 0.3) is 10.9 Å². The molecule has 1 atom stereocenters. The Morgan fingerprint density at radius 3 is 2.39 bits per heavy atom. The molecule has 38 heavy (non-hydrogen) atoms. The van der Waals surface area contributed by atoms with E-state index in [2.05, 4.69) is 20.9 Å². The molecular formula is C28H25F2N5O3. The Balaban J connectivity index is 1.16. The quantitative estimate of drug-likeness (QED) is 0.278. The molecule has 194 valence electrons. The molecule has 1 fully saturated rings. The molecule has 4 N–H and O–H groups in total. The minimum atomic E-state index is -0.582. The van der Waals surface area contributed by atoms with Gasteiger partial charge in [0.25, 0.3) is 5.91 Å². The van der Waals surface area contributed by atoms with Gasteiger partial charge in [-0.25, -0.2) is 13.6 Å². The number of aromatic amines is 1. The highest BCUT2D eigenvalue weighted by Crippen LogP contribution is 2.25. The number of fused-ring (bicyclic) bond motifs is 1. The van der Waals surface area contributed by atoms with Crippen LogP contribution in [0.1, 0.15) is 23.2 Å². The molecule has 0 spiro atoms. The maximum Gasteiger partial charge on any atom is 0.323 e. The molecule has 1 aliphatic heterocycles. The fourth-order valence-electron chi connectivity index (χ4n) is 4.54. The van der Waals surface area contributed by atoms with E-state index in [1.165, 1.54) is 35.2 Å². The highest BCUT2D eigenvalue weighted by Gasteiger charge is 2.30. The molecule has 3 aromatic carbocycles. The van der Waals surface area contributed by atoms with Crippen LogP contribution in [0.5, 0.6) is 0 Å². The highest BCUT2D eigenvalue weighted by atomic mass is 19.1. The summed E-state index contributed by atoms with van der Waals surface area (Å²) in [6, 6.07) is 16.1. The first-order valence-corrected chi connectivity index (χ1v) is 12.2. The summed E-state index contributed by atoms with van der Waals surface area (Å²) in [5, 5.41) is 8.78. The first kappa shape index (κ1) is 24.9. The normalized spacial score (nSPS) is 15.2. The zero-order valence-electron chi connectivity index (χ0n) is 20.3. The van der Waals surface area contributed by atoms with Gasteiger partial charge >= 0.3 is 6.03 Å². The van der Waals surface area contributed by atoms with Crippen molar-refractivity contribution in [2.75, 3.05) is 29.0 Å². The standard InChI is InChI=1S/C28H25F2N5O3/c29-18-7-12-24-22(14-18)25(15-31-24)34-28(38)33-20-10-8-19(9-11-20)32-26(36)17-4-3-13-35(16-17)27(37)21-5-1-2-6-23(21)30/h1-2,5-12,14-15,17,31H,3-4,13,16H2,(H,32,36)(H2,33,34,38). The van der Waals surface area contributed by atoms with Crippen molar-refractivity contribution in [2.45, 2.75) is 12.8 Å². The first-order chi connectivity index (χ1) is 18.4. The molecule has 10 heteroatoms. The summed E-state index contributed by atoms with van der Waals surface area (Å²) in [7, 11) is 0. The van der Waals surface area contributed by atoms with Gasteiger partial charge in [0.05, 0.1) is 17.2 Å². The summed E-state index contributed by atoms with van der Waals surface area (Å²) >= 11 is 0. The number of aromatic nitrogens is 1. The fourth-order valence-corrected chi connectivity index (χ4v) is 4.54. The predicted molar refractivity (Wildman–Crippen MR) is 141 cm³/mol. The van der Waals surface area contributed by atoms with Crippen LogP contribution in [-0.4, -0.2) is 40.8 Å². The Kier molecular flexibility index (Phi) is 7.03. The molecule has 0 bridgehead atoms. The van der Waals surface area contributed by atoms with Crippen LogP contribution in [0.2, 0.25) is 0 Å². The van der Waals surface area contributed by atoms with Crippen molar-refractivity contribution in [1.29, 1.82) is 0 Å². The number of hydrogen-bond acceptors (Lipinski definition) is 3. The molecule has 4 amide bonds. The van der Waals surface area contributed by atoms with E-state index in [-0.39, 0.29) is 18.0 Å². The molecule has 1 aromatic heterocycles. The Morgan fingerprint density at radius 2 is 1.63 bits per heavy atom. The van der Waals surface area contributed by atoms with Gasteiger partial charge in [-0.1, -0.05) is 12.1 Å². The zero-order chi connectivity index (χ0) is 26.6. The van der Waals surface area contributed by atoms with E-state index >= 15 is 0 Å². The van der Waals surface area contributed by atoms with Gasteiger partial charge in [-0.2, -0.15) is 0 Å². The Hall–Kier alpha value is -4.73. The minimum Gasteiger partial charge on any atom is -0.359 e. The van der Waals surface area contributed by atoms with Crippen molar-refractivity contribution >= 4 is 45.8 Å². The number of amides is 4. The fraction of sp³-hybridized carbons (Fsp3) is 0.179. The smallest absolute Gasteiger partial charge is 0.323 e. The second-order valence-corrected chi connectivity index (χ2v) is 9.11. The summed E-state index contributed by atoms with van der Waals surface area (Å²) in [6.45, 7) is 0.670. The number of halogens is 2. The third kappa shape index (κ3) is 5.49. The Labute approximate surface area is 217 Å². The number of piperidine rings is 1. The van der Waals surface area contributed by atoms with Crippen LogP contribution in [0.4, 0.5) is 30.6 Å². The lowest BCUT2D eigenvalue weighted by atomic mass is 9.96. The number of benzene rings is 3. The zero-order valence-corrected chi connectivity index (χ0v) is 20.3. The van der Waals surface area contributed by atoms with Crippen LogP contribution in [0, 0.1) is 17.6 Å². The monoisotopic (exact) mass is 517 g/mol. The molecule has 8 nitrogen and oxygen atoms in total. The van der Waals surface area contributed by atoms with Crippen molar-refractivity contribution in [1.82, 2.24) is 9.88 Å². The lowest BCUT2D eigenvalue weighted by molar-refractivity contribution is -0.121. The van der Waals surface area contributed by atoms with Crippen LogP contribution in [0.3, 0.4) is 0 Å². The number of nitrogens with one attached hydrogen (secondary N) is 4. The summed E-state index contributed by atoms with van der Waals surface area (Å²) in [4.78, 5) is 42.5. The second kappa shape index (κ2) is 10.7. The average Bonchev–Trinajstić information content (AvgIpc) is 3.31. The van der Waals surface area contributed by atoms with Gasteiger partial charge in [-0.05, 0) is 67.4 Å². The number of urea groups is 1. The second-order valence-electron chi connectivity index (χ2n) is 9.11. The number of likely N-dealkylation sites (tertiary alicyclic amines) is 1. The van der Waals surface area contributed by atoms with Gasteiger partial charge < -0.3 is 25.8 Å². The van der Waals surface area contributed by atoms with Crippen molar-refractivity contribution in [3.8, 4) is 0 Å². The van der Waals surface area contributed by atoms with E-state index in [0.717, 1.165) is 0 Å². The lowest BCUT2D eigenvalue weighted by Gasteiger charge is -2.32. The van der Waals surface area contributed by atoms with Gasteiger partial charge in [0, 0.05) is 41.6 Å². The van der Waals surface area contributed by atoms with Crippen LogP contribution in [0.15, 0.2) is 72.9 Å². The van der Waals surface area contributed by atoms with Gasteiger partial charge in [0.2, 0.25) is 5.91 Å². The number of nitrogens with zero attached hydrogens (tertiary/aromatic N) is 1. The van der Waals surface area contributed by atoms with E-state index < -0.39 is 29.5 Å². The predicted octanol–water partition coefficient (Wildman–Crippen LogP) is 5.58. The van der Waals surface area contributed by atoms with Gasteiger partial charge in [-0.3, -0.25) is 9.59 Å². The maximum atomic E-state index is 14.0. The number of carbonyl (C=O) groups excluding carboxylic acids is 3. The number of carbonyl (C=O) groups is 3. The topological polar surface area (TPSA) is 106 Å². The van der Waals surface area contributed by atoms with E-state index in [9.17, 15) is 23.2 Å². The molecule has 0 saturated carbocycles. The number of rotatable bonds is 5. The van der Waals surface area contributed by atoms with Crippen molar-refractivity contribution in [2.24, 2.45) is 5.92 Å². The summed E-state index contributed by atoms with van der Waals surface area (Å²) < 4.78 is 27.6. The molecular weight excluding hydrogens is 492 g/mol. The van der Waals surface area contributed by atoms with Gasteiger partial charge in [0.1, 0.15) is 11.6 Å². The third-order valence-corrected chi connectivity index (χ3v) is 6.49. The van der Waals surface area contributed by atoms with E-state index in [0.29, 0.717) is 47.4 Å². The molecule has 0 aliphatic carbocycles. The SMILES string of the molecule is O=C(Nc1ccc(NC(=O)C2CCCN(C(=O)c3ccccc3F)C2)cc1)Nc1c[nH]c2ccc(F)cc12. The van der Waals surface area contributed by atoms with Crippen molar-refractivity contribution in [3.63, 3.8) is 0 Å². The van der Waals surface area contributed by atoms with Crippen LogP contribution < -0.4 is 16.0 Å². The summed E-state index contributed by atoms with van der Waals surface area (Å²) in [6.07, 6.45) is 2.84. The van der Waals surface area contributed by atoms with Crippen molar-refractivity contribution in [3.05, 3.63) is 90.1 Å². The molecule has 1 unspecified atom stereocenters. The van der Waals surface area contributed by atoms with Crippen molar-refractivity contribution < 1.29 is 23.2 Å². The highest BCUT2D eigenvalue weighted by molar-refractivity contribution is 6.06. The third-order valence-electron chi connectivity index (χ3n) is 6.49. The molecule has 4 aromatic rings.